The molecular formula is C28H26N5O4S. The molecule has 0 aliphatic carbocycles. The topological polar surface area (TPSA) is 137 Å². The third-order valence-electron chi connectivity index (χ3n) is 5.91. The number of unbranched alkanes of at least 4 members (excludes halogenated alkanes) is 1. The highest BCUT2D eigenvalue weighted by Gasteiger charge is 2.25. The quantitative estimate of drug-likeness (QED) is 0.245. The zero-order valence-electron chi connectivity index (χ0n) is 20.9. The Bertz CT molecular complexity index is 1620. The van der Waals surface area contributed by atoms with Crippen molar-refractivity contribution < 1.29 is 18.3 Å². The molecule has 3 N–H and O–H groups in total. The van der Waals surface area contributed by atoms with E-state index in [1.165, 1.54) is 10.7 Å². The molecule has 38 heavy (non-hydrogen) atoms. The van der Waals surface area contributed by atoms with E-state index in [0.29, 0.717) is 40.4 Å². The maximum absolute atomic E-state index is 12.8. The molecule has 4 rings (SSSR count). The molecule has 10 heteroatoms. The molecule has 3 aromatic carbocycles. The number of rotatable bonds is 10. The molecule has 0 spiro atoms. The van der Waals surface area contributed by atoms with E-state index < -0.39 is 16.0 Å². The Balaban J connectivity index is 1.68. The number of aromatic carboxylic acids is 1. The summed E-state index contributed by atoms with van der Waals surface area (Å²) >= 11 is 0. The molecule has 1 radical (unpaired) electrons. The smallest absolute Gasteiger partial charge is 0.355 e. The van der Waals surface area contributed by atoms with Gasteiger partial charge in [0, 0.05) is 17.8 Å². The molecule has 0 unspecified atom stereocenters. The van der Waals surface area contributed by atoms with Crippen molar-refractivity contribution in [2.75, 3.05) is 11.9 Å². The van der Waals surface area contributed by atoms with Gasteiger partial charge in [-0.25, -0.2) is 22.6 Å². The van der Waals surface area contributed by atoms with Crippen molar-refractivity contribution in [3.63, 3.8) is 0 Å². The average Bonchev–Trinajstić information content (AvgIpc) is 3.26. The number of carboxylic acids is 1. The molecule has 1 heterocycles. The van der Waals surface area contributed by atoms with Crippen molar-refractivity contribution in [1.29, 1.82) is 5.26 Å². The number of nitrogens with one attached hydrogen (secondary N) is 2. The summed E-state index contributed by atoms with van der Waals surface area (Å²) in [5, 5.41) is 27.1. The van der Waals surface area contributed by atoms with E-state index in [-0.39, 0.29) is 16.2 Å². The van der Waals surface area contributed by atoms with E-state index in [4.69, 9.17) is 0 Å². The Morgan fingerprint density at radius 2 is 1.89 bits per heavy atom. The normalized spacial score (nSPS) is 11.2. The molecule has 0 saturated heterocycles. The number of hydrogen-bond acceptors (Lipinski definition) is 6. The van der Waals surface area contributed by atoms with Crippen molar-refractivity contribution in [3.8, 4) is 22.9 Å². The van der Waals surface area contributed by atoms with Crippen LogP contribution < -0.4 is 10.0 Å². The van der Waals surface area contributed by atoms with Gasteiger partial charge in [0.25, 0.3) is 0 Å². The standard InChI is InChI=1S/C28H26N5O4S/c1-3-4-17-30-38(36,37)25-12-8-6-10-23(25)31-22-15-13-20(14-16-22)26-19(2)32-33(27(26)28(34)35)24-11-7-5-9-21(24)18-29/h5-6,8-16,30-31H,3-4,17H2,1-2H3,(H,34,35). The van der Waals surface area contributed by atoms with Crippen LogP contribution in [-0.4, -0.2) is 35.8 Å². The minimum Gasteiger partial charge on any atom is -0.476 e. The number of aryl methyl sites for hydroxylation is 1. The van der Waals surface area contributed by atoms with Gasteiger partial charge in [0.15, 0.2) is 5.69 Å². The molecule has 0 aliphatic rings. The number of nitriles is 1. The Kier molecular flexibility index (Phi) is 7.90. The van der Waals surface area contributed by atoms with Crippen molar-refractivity contribution >= 4 is 27.4 Å². The molecule has 0 amide bonds. The van der Waals surface area contributed by atoms with Crippen LogP contribution in [0, 0.1) is 24.3 Å². The van der Waals surface area contributed by atoms with E-state index >= 15 is 0 Å². The first-order valence-corrected chi connectivity index (χ1v) is 13.4. The SMILES string of the molecule is CCCCNS(=O)(=O)c1ccccc1Nc1ccc(-c2c(C)nn(-c3c[c]ccc3C#N)c2C(=O)O)cc1. The molecule has 9 nitrogen and oxygen atoms in total. The summed E-state index contributed by atoms with van der Waals surface area (Å²) in [6.07, 6.45) is 1.62. The molecule has 4 aromatic rings. The highest BCUT2D eigenvalue weighted by atomic mass is 32.2. The lowest BCUT2D eigenvalue weighted by Crippen LogP contribution is -2.25. The summed E-state index contributed by atoms with van der Waals surface area (Å²) in [5.41, 5.74) is 3.07. The highest BCUT2D eigenvalue weighted by molar-refractivity contribution is 7.89. The predicted octanol–water partition coefficient (Wildman–Crippen LogP) is 5.04. The molecule has 1 aromatic heterocycles. The number of nitrogens with zero attached hydrogens (tertiary/aromatic N) is 3. The van der Waals surface area contributed by atoms with Crippen LogP contribution in [0.5, 0.6) is 0 Å². The monoisotopic (exact) mass is 528 g/mol. The van der Waals surface area contributed by atoms with Gasteiger partial charge in [0.1, 0.15) is 11.0 Å². The van der Waals surface area contributed by atoms with Crippen LogP contribution in [0.25, 0.3) is 16.8 Å². The molecule has 0 fully saturated rings. The van der Waals surface area contributed by atoms with E-state index in [9.17, 15) is 23.6 Å². The summed E-state index contributed by atoms with van der Waals surface area (Å²) < 4.78 is 29.5. The first kappa shape index (κ1) is 26.6. The number of carbonyl (C=O) groups is 1. The van der Waals surface area contributed by atoms with Crippen molar-refractivity contribution in [3.05, 3.63) is 89.7 Å². The zero-order valence-corrected chi connectivity index (χ0v) is 21.7. The number of aromatic nitrogens is 2. The van der Waals surface area contributed by atoms with Crippen LogP contribution in [0.4, 0.5) is 11.4 Å². The van der Waals surface area contributed by atoms with Crippen LogP contribution in [0.15, 0.2) is 71.6 Å². The molecule has 0 saturated carbocycles. The largest absolute Gasteiger partial charge is 0.476 e. The molecular weight excluding hydrogens is 502 g/mol. The fourth-order valence-electron chi connectivity index (χ4n) is 4.08. The predicted molar refractivity (Wildman–Crippen MR) is 144 cm³/mol. The second-order valence-electron chi connectivity index (χ2n) is 8.53. The van der Waals surface area contributed by atoms with Gasteiger partial charge in [-0.15, -0.1) is 0 Å². The van der Waals surface area contributed by atoms with Crippen molar-refractivity contribution in [2.45, 2.75) is 31.6 Å². The number of hydrogen-bond donors (Lipinski definition) is 3. The maximum atomic E-state index is 12.8. The number of anilines is 2. The summed E-state index contributed by atoms with van der Waals surface area (Å²) in [7, 11) is -3.70. The number of carboxylic acid groups (broad SMARTS) is 1. The number of sulfonamides is 1. The highest BCUT2D eigenvalue weighted by Crippen LogP contribution is 2.32. The van der Waals surface area contributed by atoms with Crippen molar-refractivity contribution in [2.24, 2.45) is 0 Å². The number of para-hydroxylation sites is 1. The lowest BCUT2D eigenvalue weighted by atomic mass is 10.0. The molecule has 0 atom stereocenters. The fraction of sp³-hybridized carbons (Fsp3) is 0.179. The van der Waals surface area contributed by atoms with Crippen LogP contribution in [-0.2, 0) is 10.0 Å². The minimum atomic E-state index is -3.70. The molecule has 193 valence electrons. The lowest BCUT2D eigenvalue weighted by Gasteiger charge is -2.14. The Morgan fingerprint density at radius 3 is 2.58 bits per heavy atom. The van der Waals surface area contributed by atoms with E-state index in [0.717, 1.165) is 12.8 Å². The first-order chi connectivity index (χ1) is 18.3. The molecule has 0 aliphatic heterocycles. The van der Waals surface area contributed by atoms with Gasteiger partial charge in [-0.1, -0.05) is 43.7 Å². The summed E-state index contributed by atoms with van der Waals surface area (Å²) in [6.45, 7) is 4.05. The summed E-state index contributed by atoms with van der Waals surface area (Å²) in [6, 6.07) is 23.2. The van der Waals surface area contributed by atoms with Crippen LogP contribution in [0.1, 0.15) is 41.5 Å². The second-order valence-corrected chi connectivity index (χ2v) is 10.3. The van der Waals surface area contributed by atoms with Gasteiger partial charge >= 0.3 is 5.97 Å². The summed E-state index contributed by atoms with van der Waals surface area (Å²) in [4.78, 5) is 12.4. The molecule has 0 bridgehead atoms. The Hall–Kier alpha value is -4.46. The first-order valence-electron chi connectivity index (χ1n) is 12.0. The van der Waals surface area contributed by atoms with Crippen LogP contribution in [0.2, 0.25) is 0 Å². The maximum Gasteiger partial charge on any atom is 0.355 e. The van der Waals surface area contributed by atoms with Gasteiger partial charge in [-0.3, -0.25) is 0 Å². The zero-order chi connectivity index (χ0) is 27.3. The van der Waals surface area contributed by atoms with E-state index in [1.807, 2.05) is 6.92 Å². The second kappa shape index (κ2) is 11.3. The van der Waals surface area contributed by atoms with E-state index in [1.54, 1.807) is 67.6 Å². The van der Waals surface area contributed by atoms with Crippen LogP contribution in [0.3, 0.4) is 0 Å². The van der Waals surface area contributed by atoms with Gasteiger partial charge in [0.05, 0.1) is 22.6 Å². The Labute approximate surface area is 221 Å². The Morgan fingerprint density at radius 1 is 1.16 bits per heavy atom. The fourth-order valence-corrected chi connectivity index (χ4v) is 5.31. The van der Waals surface area contributed by atoms with E-state index in [2.05, 4.69) is 27.3 Å². The van der Waals surface area contributed by atoms with Gasteiger partial charge in [-0.2, -0.15) is 10.4 Å². The van der Waals surface area contributed by atoms with Crippen molar-refractivity contribution in [1.82, 2.24) is 14.5 Å². The average molecular weight is 529 g/mol. The lowest BCUT2D eigenvalue weighted by molar-refractivity contribution is 0.0688. The van der Waals surface area contributed by atoms with Crippen LogP contribution >= 0.6 is 0 Å². The minimum absolute atomic E-state index is 0.0751. The third-order valence-corrected chi connectivity index (χ3v) is 7.42. The summed E-state index contributed by atoms with van der Waals surface area (Å²) in [5.74, 6) is -1.19. The van der Waals surface area contributed by atoms with Gasteiger partial charge in [0.2, 0.25) is 10.0 Å². The third kappa shape index (κ3) is 5.44. The van der Waals surface area contributed by atoms with Gasteiger partial charge < -0.3 is 10.4 Å². The number of benzene rings is 3. The van der Waals surface area contributed by atoms with Gasteiger partial charge in [-0.05, 0) is 61.4 Å².